The van der Waals surface area contributed by atoms with Gasteiger partial charge in [0.15, 0.2) is 0 Å². The normalized spacial score (nSPS) is 17.0. The van der Waals surface area contributed by atoms with Crippen molar-refractivity contribution in [3.05, 3.63) is 23.8 Å². The first-order valence-electron chi connectivity index (χ1n) is 8.52. The Bertz CT molecular complexity index is 704. The number of sulfonamides is 1. The van der Waals surface area contributed by atoms with Gasteiger partial charge in [-0.2, -0.15) is 0 Å². The van der Waals surface area contributed by atoms with Crippen LogP contribution in [0.1, 0.15) is 37.0 Å². The average Bonchev–Trinajstić information content (AvgIpc) is 3.06. The lowest BCUT2D eigenvalue weighted by Crippen LogP contribution is -2.31. The summed E-state index contributed by atoms with van der Waals surface area (Å²) in [6.07, 6.45) is 2.04. The number of nitrogens with one attached hydrogen (secondary N) is 3. The fourth-order valence-corrected chi connectivity index (χ4v) is 4.30. The molecule has 1 unspecified atom stereocenters. The van der Waals surface area contributed by atoms with Crippen molar-refractivity contribution in [3.63, 3.8) is 0 Å². The standard InChI is InChI=1S/C17H27N3O4S.ClH/c1-12(2)20-25(22,23)16-10-14(4-5-15(16)24-3)17(21)19-9-7-13-6-8-18-11-13;/h4-5,10,12-13,18,20H,6-9,11H2,1-3H3,(H,19,21);1H. The molecule has 0 aromatic heterocycles. The van der Waals surface area contributed by atoms with Crippen LogP contribution in [-0.2, 0) is 10.0 Å². The SMILES string of the molecule is COc1ccc(C(=O)NCCC2CCNC2)cc1S(=O)(=O)NC(C)C.Cl. The number of rotatable bonds is 8. The molecule has 1 atom stereocenters. The molecule has 1 amide bonds. The molecular formula is C17H28ClN3O4S. The highest BCUT2D eigenvalue weighted by atomic mass is 35.5. The molecule has 0 spiro atoms. The first kappa shape index (κ1) is 22.7. The van der Waals surface area contributed by atoms with Crippen LogP contribution in [0.5, 0.6) is 5.75 Å². The summed E-state index contributed by atoms with van der Waals surface area (Å²) in [4.78, 5) is 12.3. The van der Waals surface area contributed by atoms with Crippen LogP contribution < -0.4 is 20.1 Å². The van der Waals surface area contributed by atoms with Gasteiger partial charge in [-0.25, -0.2) is 13.1 Å². The van der Waals surface area contributed by atoms with Crippen molar-refractivity contribution in [1.82, 2.24) is 15.4 Å². The van der Waals surface area contributed by atoms with E-state index < -0.39 is 10.0 Å². The van der Waals surface area contributed by atoms with E-state index in [0.717, 1.165) is 25.9 Å². The van der Waals surface area contributed by atoms with E-state index in [4.69, 9.17) is 4.74 Å². The van der Waals surface area contributed by atoms with Gasteiger partial charge in [0.05, 0.1) is 7.11 Å². The van der Waals surface area contributed by atoms with Gasteiger partial charge in [-0.15, -0.1) is 12.4 Å². The lowest BCUT2D eigenvalue weighted by molar-refractivity contribution is 0.0951. The minimum Gasteiger partial charge on any atom is -0.495 e. The maximum absolute atomic E-state index is 12.5. The lowest BCUT2D eigenvalue weighted by Gasteiger charge is -2.14. The molecule has 1 aromatic rings. The van der Waals surface area contributed by atoms with E-state index in [2.05, 4.69) is 15.4 Å². The molecule has 2 rings (SSSR count). The maximum atomic E-state index is 12.5. The summed E-state index contributed by atoms with van der Waals surface area (Å²) in [5.74, 6) is 0.513. The Morgan fingerprint density at radius 1 is 1.38 bits per heavy atom. The number of halogens is 1. The molecule has 148 valence electrons. The van der Waals surface area contributed by atoms with Gasteiger partial charge in [0.2, 0.25) is 10.0 Å². The van der Waals surface area contributed by atoms with Gasteiger partial charge in [0.25, 0.3) is 5.91 Å². The number of carbonyl (C=O) groups excluding carboxylic acids is 1. The molecule has 0 aliphatic carbocycles. The van der Waals surface area contributed by atoms with Gasteiger partial charge in [-0.1, -0.05) is 0 Å². The molecule has 0 radical (unpaired) electrons. The van der Waals surface area contributed by atoms with Crippen LogP contribution in [0.25, 0.3) is 0 Å². The summed E-state index contributed by atoms with van der Waals surface area (Å²) < 4.78 is 32.6. The molecule has 1 aliphatic heterocycles. The van der Waals surface area contributed by atoms with E-state index in [1.807, 2.05) is 0 Å². The highest BCUT2D eigenvalue weighted by Crippen LogP contribution is 2.25. The van der Waals surface area contributed by atoms with Crippen LogP contribution in [0.4, 0.5) is 0 Å². The van der Waals surface area contributed by atoms with Crippen molar-refractivity contribution in [1.29, 1.82) is 0 Å². The third kappa shape index (κ3) is 6.12. The topological polar surface area (TPSA) is 96.5 Å². The Morgan fingerprint density at radius 2 is 2.12 bits per heavy atom. The highest BCUT2D eigenvalue weighted by Gasteiger charge is 2.22. The average molecular weight is 406 g/mol. The predicted octanol–water partition coefficient (Wildman–Crippen LogP) is 1.53. The minimum atomic E-state index is -3.76. The van der Waals surface area contributed by atoms with Crippen molar-refractivity contribution in [2.24, 2.45) is 5.92 Å². The van der Waals surface area contributed by atoms with Crippen LogP contribution in [0.2, 0.25) is 0 Å². The fourth-order valence-electron chi connectivity index (χ4n) is 2.85. The number of benzene rings is 1. The molecule has 7 nitrogen and oxygen atoms in total. The van der Waals surface area contributed by atoms with Gasteiger partial charge in [-0.05, 0) is 63.9 Å². The molecule has 26 heavy (non-hydrogen) atoms. The molecule has 1 saturated heterocycles. The zero-order valence-electron chi connectivity index (χ0n) is 15.4. The van der Waals surface area contributed by atoms with Gasteiger partial charge in [-0.3, -0.25) is 4.79 Å². The Labute approximate surface area is 161 Å². The smallest absolute Gasteiger partial charge is 0.251 e. The van der Waals surface area contributed by atoms with Crippen LogP contribution in [0, 0.1) is 5.92 Å². The number of ether oxygens (including phenoxy) is 1. The van der Waals surface area contributed by atoms with Gasteiger partial charge >= 0.3 is 0 Å². The van der Waals surface area contributed by atoms with Crippen molar-refractivity contribution in [3.8, 4) is 5.75 Å². The summed E-state index contributed by atoms with van der Waals surface area (Å²) in [6.45, 7) is 6.06. The molecule has 1 heterocycles. The second-order valence-electron chi connectivity index (χ2n) is 6.55. The summed E-state index contributed by atoms with van der Waals surface area (Å²) >= 11 is 0. The van der Waals surface area contributed by atoms with E-state index in [0.29, 0.717) is 18.0 Å². The Balaban J connectivity index is 0.00000338. The number of hydrogen-bond acceptors (Lipinski definition) is 5. The zero-order valence-corrected chi connectivity index (χ0v) is 17.0. The fraction of sp³-hybridized carbons (Fsp3) is 0.588. The molecule has 9 heteroatoms. The predicted molar refractivity (Wildman–Crippen MR) is 104 cm³/mol. The molecule has 0 bridgehead atoms. The number of carbonyl (C=O) groups is 1. The van der Waals surface area contributed by atoms with Crippen molar-refractivity contribution >= 4 is 28.3 Å². The monoisotopic (exact) mass is 405 g/mol. The van der Waals surface area contributed by atoms with Crippen LogP contribution >= 0.6 is 12.4 Å². The summed E-state index contributed by atoms with van der Waals surface area (Å²) in [5, 5.41) is 6.15. The number of amides is 1. The third-order valence-electron chi connectivity index (χ3n) is 4.11. The van der Waals surface area contributed by atoms with Gasteiger partial charge < -0.3 is 15.4 Å². The van der Waals surface area contributed by atoms with Crippen molar-refractivity contribution < 1.29 is 17.9 Å². The number of methoxy groups -OCH3 is 1. The Kier molecular flexibility index (Phi) is 8.82. The molecular weight excluding hydrogens is 378 g/mol. The minimum absolute atomic E-state index is 0. The van der Waals surface area contributed by atoms with E-state index >= 15 is 0 Å². The largest absolute Gasteiger partial charge is 0.495 e. The van der Waals surface area contributed by atoms with E-state index in [-0.39, 0.29) is 35.0 Å². The summed E-state index contributed by atoms with van der Waals surface area (Å²) in [7, 11) is -2.35. The van der Waals surface area contributed by atoms with Crippen molar-refractivity contribution in [2.45, 2.75) is 37.6 Å². The van der Waals surface area contributed by atoms with Gasteiger partial charge in [0.1, 0.15) is 10.6 Å². The van der Waals surface area contributed by atoms with Crippen LogP contribution in [-0.4, -0.2) is 47.1 Å². The number of hydrogen-bond donors (Lipinski definition) is 3. The summed E-state index contributed by atoms with van der Waals surface area (Å²) in [5.41, 5.74) is 0.300. The maximum Gasteiger partial charge on any atom is 0.251 e. The summed E-state index contributed by atoms with van der Waals surface area (Å²) in [6, 6.07) is 4.17. The highest BCUT2D eigenvalue weighted by molar-refractivity contribution is 7.89. The lowest BCUT2D eigenvalue weighted by atomic mass is 10.1. The van der Waals surface area contributed by atoms with Crippen LogP contribution in [0.3, 0.4) is 0 Å². The second-order valence-corrected chi connectivity index (χ2v) is 8.23. The first-order valence-corrected chi connectivity index (χ1v) is 10.0. The van der Waals surface area contributed by atoms with Gasteiger partial charge in [0, 0.05) is 18.2 Å². The quantitative estimate of drug-likeness (QED) is 0.609. The van der Waals surface area contributed by atoms with E-state index in [1.165, 1.54) is 19.2 Å². The third-order valence-corrected chi connectivity index (χ3v) is 5.79. The first-order chi connectivity index (χ1) is 11.8. The van der Waals surface area contributed by atoms with E-state index in [9.17, 15) is 13.2 Å². The van der Waals surface area contributed by atoms with Crippen LogP contribution in [0.15, 0.2) is 23.1 Å². The molecule has 1 fully saturated rings. The molecule has 0 saturated carbocycles. The molecule has 1 aromatic carbocycles. The van der Waals surface area contributed by atoms with E-state index in [1.54, 1.807) is 19.9 Å². The molecule has 1 aliphatic rings. The Hall–Kier alpha value is -1.35. The zero-order chi connectivity index (χ0) is 18.4. The van der Waals surface area contributed by atoms with Crippen molar-refractivity contribution in [2.75, 3.05) is 26.7 Å². The molecule has 3 N–H and O–H groups in total. The second kappa shape index (κ2) is 10.1. The Morgan fingerprint density at radius 3 is 2.69 bits per heavy atom.